The number of tetrazole rings is 1. The summed E-state index contributed by atoms with van der Waals surface area (Å²) in [6.45, 7) is 16.3. The van der Waals surface area contributed by atoms with E-state index in [9.17, 15) is 4.79 Å². The summed E-state index contributed by atoms with van der Waals surface area (Å²) in [4.78, 5) is 13.6. The van der Waals surface area contributed by atoms with Gasteiger partial charge in [-0.05, 0) is 77.2 Å². The van der Waals surface area contributed by atoms with Gasteiger partial charge in [0.1, 0.15) is 0 Å². The molecule has 1 fully saturated rings. The molecule has 156 valence electrons. The summed E-state index contributed by atoms with van der Waals surface area (Å²) in [7, 11) is -0.398. The number of carbonyl (C=O) groups is 1. The number of aryl methyl sites for hydroxylation is 1. The lowest BCUT2D eigenvalue weighted by Crippen LogP contribution is -2.41. The lowest BCUT2D eigenvalue weighted by Gasteiger charge is -2.32. The van der Waals surface area contributed by atoms with Crippen molar-refractivity contribution in [3.05, 3.63) is 35.2 Å². The first-order valence-electron chi connectivity index (χ1n) is 9.83. The lowest BCUT2D eigenvalue weighted by molar-refractivity contribution is 0.00578. The van der Waals surface area contributed by atoms with Crippen molar-refractivity contribution in [1.82, 2.24) is 25.5 Å². The van der Waals surface area contributed by atoms with Gasteiger partial charge in [-0.3, -0.25) is 4.79 Å². The molecule has 2 aromatic rings. The van der Waals surface area contributed by atoms with Crippen LogP contribution in [0, 0.1) is 6.92 Å². The standard InChI is InChI=1S/C20H30BN5O3/c1-13-11-15(21-28-19(5,6)20(7,8)29-21)10-9-14(13)12-26-24-16(23-25-26)17(27)22-18(2,3)4/h9-11H,12H2,1-8H3,(H,22,27). The summed E-state index contributed by atoms with van der Waals surface area (Å²) >= 11 is 0. The van der Waals surface area contributed by atoms with Gasteiger partial charge in [0.25, 0.3) is 11.7 Å². The molecule has 1 aliphatic heterocycles. The summed E-state index contributed by atoms with van der Waals surface area (Å²) in [6.07, 6.45) is 0. The second-order valence-corrected chi connectivity index (χ2v) is 9.62. The number of nitrogens with zero attached hydrogens (tertiary/aromatic N) is 4. The molecule has 8 nitrogen and oxygen atoms in total. The fourth-order valence-electron chi connectivity index (χ4n) is 2.97. The molecule has 0 atom stereocenters. The van der Waals surface area contributed by atoms with Crippen LogP contribution in [0.5, 0.6) is 0 Å². The third-order valence-electron chi connectivity index (χ3n) is 5.35. The number of rotatable bonds is 4. The molecule has 2 heterocycles. The Morgan fingerprint density at radius 2 is 1.79 bits per heavy atom. The molecule has 1 aromatic carbocycles. The molecule has 9 heteroatoms. The van der Waals surface area contributed by atoms with Gasteiger partial charge in [0, 0.05) is 5.54 Å². The van der Waals surface area contributed by atoms with Crippen LogP contribution in [-0.2, 0) is 15.9 Å². The summed E-state index contributed by atoms with van der Waals surface area (Å²) in [5.41, 5.74) is 1.96. The van der Waals surface area contributed by atoms with Crippen LogP contribution in [-0.4, -0.2) is 50.0 Å². The van der Waals surface area contributed by atoms with Gasteiger partial charge in [0.15, 0.2) is 0 Å². The van der Waals surface area contributed by atoms with Crippen LogP contribution < -0.4 is 10.8 Å². The normalized spacial score (nSPS) is 18.1. The molecule has 0 radical (unpaired) electrons. The molecule has 1 amide bonds. The van der Waals surface area contributed by atoms with Gasteiger partial charge in [-0.15, -0.1) is 10.2 Å². The zero-order valence-corrected chi connectivity index (χ0v) is 18.5. The third-order valence-corrected chi connectivity index (χ3v) is 5.35. The number of hydrogen-bond donors (Lipinski definition) is 1. The second-order valence-electron chi connectivity index (χ2n) is 9.62. The van der Waals surface area contributed by atoms with Crippen LogP contribution in [0.15, 0.2) is 18.2 Å². The fourth-order valence-corrected chi connectivity index (χ4v) is 2.97. The van der Waals surface area contributed by atoms with Crippen molar-refractivity contribution < 1.29 is 14.1 Å². The third kappa shape index (κ3) is 4.67. The summed E-state index contributed by atoms with van der Waals surface area (Å²) < 4.78 is 12.3. The van der Waals surface area contributed by atoms with Gasteiger partial charge >= 0.3 is 7.12 Å². The van der Waals surface area contributed by atoms with Gasteiger partial charge < -0.3 is 14.6 Å². The van der Waals surface area contributed by atoms with Crippen molar-refractivity contribution >= 4 is 18.5 Å². The number of benzene rings is 1. The number of amides is 1. The molecule has 0 spiro atoms. The molecule has 1 aliphatic rings. The molecule has 1 saturated heterocycles. The summed E-state index contributed by atoms with van der Waals surface area (Å²) in [6, 6.07) is 6.06. The number of aromatic nitrogens is 4. The zero-order valence-electron chi connectivity index (χ0n) is 18.5. The van der Waals surface area contributed by atoms with E-state index < -0.39 is 7.12 Å². The Labute approximate surface area is 172 Å². The highest BCUT2D eigenvalue weighted by molar-refractivity contribution is 6.62. The molecule has 1 aromatic heterocycles. The van der Waals surface area contributed by atoms with Crippen LogP contribution in [0.1, 0.15) is 70.2 Å². The van der Waals surface area contributed by atoms with Gasteiger partial charge in [-0.25, -0.2) is 0 Å². The van der Waals surface area contributed by atoms with Crippen LogP contribution in [0.25, 0.3) is 0 Å². The predicted octanol–water partition coefficient (Wildman–Crippen LogP) is 1.86. The van der Waals surface area contributed by atoms with Crippen LogP contribution in [0.3, 0.4) is 0 Å². The van der Waals surface area contributed by atoms with E-state index >= 15 is 0 Å². The highest BCUT2D eigenvalue weighted by Crippen LogP contribution is 2.36. The van der Waals surface area contributed by atoms with Crippen LogP contribution in [0.2, 0.25) is 0 Å². The molecule has 0 aliphatic carbocycles. The second kappa shape index (κ2) is 7.21. The molecule has 29 heavy (non-hydrogen) atoms. The van der Waals surface area contributed by atoms with Crippen molar-refractivity contribution in [3.8, 4) is 0 Å². The van der Waals surface area contributed by atoms with Crippen molar-refractivity contribution in [2.24, 2.45) is 0 Å². The van der Waals surface area contributed by atoms with E-state index in [0.717, 1.165) is 16.6 Å². The van der Waals surface area contributed by atoms with Crippen LogP contribution in [0.4, 0.5) is 0 Å². The molecule has 0 unspecified atom stereocenters. The van der Waals surface area contributed by atoms with E-state index in [1.165, 1.54) is 4.80 Å². The average molecular weight is 399 g/mol. The molecule has 0 bridgehead atoms. The first kappa shape index (κ1) is 21.5. The molecular weight excluding hydrogens is 369 g/mol. The minimum absolute atomic E-state index is 0.0615. The number of hydrogen-bond acceptors (Lipinski definition) is 6. The summed E-state index contributed by atoms with van der Waals surface area (Å²) in [5, 5.41) is 14.9. The van der Waals surface area contributed by atoms with Gasteiger partial charge in [-0.1, -0.05) is 18.2 Å². The molecular formula is C20H30BN5O3. The summed E-state index contributed by atoms with van der Waals surface area (Å²) in [5.74, 6) is -0.275. The topological polar surface area (TPSA) is 91.2 Å². The molecule has 0 saturated carbocycles. The Bertz CT molecular complexity index is 901. The first-order valence-corrected chi connectivity index (χ1v) is 9.83. The van der Waals surface area contributed by atoms with E-state index in [0.29, 0.717) is 6.54 Å². The van der Waals surface area contributed by atoms with Crippen molar-refractivity contribution in [1.29, 1.82) is 0 Å². The Balaban J connectivity index is 1.72. The largest absolute Gasteiger partial charge is 0.494 e. The highest BCUT2D eigenvalue weighted by atomic mass is 16.7. The number of carbonyl (C=O) groups excluding carboxylic acids is 1. The predicted molar refractivity (Wildman–Crippen MR) is 111 cm³/mol. The number of nitrogens with one attached hydrogen (secondary N) is 1. The minimum atomic E-state index is -0.398. The Morgan fingerprint density at radius 3 is 2.34 bits per heavy atom. The van der Waals surface area contributed by atoms with Crippen LogP contribution >= 0.6 is 0 Å². The van der Waals surface area contributed by atoms with E-state index in [4.69, 9.17) is 9.31 Å². The fraction of sp³-hybridized carbons (Fsp3) is 0.600. The minimum Gasteiger partial charge on any atom is -0.399 e. The Hall–Kier alpha value is -2.26. The Morgan fingerprint density at radius 1 is 1.17 bits per heavy atom. The van der Waals surface area contributed by atoms with E-state index in [2.05, 4.69) is 26.8 Å². The first-order chi connectivity index (χ1) is 13.3. The lowest BCUT2D eigenvalue weighted by atomic mass is 9.78. The van der Waals surface area contributed by atoms with Gasteiger partial charge in [0.05, 0.1) is 17.7 Å². The molecule has 1 N–H and O–H groups in total. The maximum Gasteiger partial charge on any atom is 0.494 e. The maximum atomic E-state index is 12.2. The Kier molecular flexibility index (Phi) is 5.34. The quantitative estimate of drug-likeness (QED) is 0.790. The van der Waals surface area contributed by atoms with E-state index in [-0.39, 0.29) is 28.5 Å². The van der Waals surface area contributed by atoms with Crippen molar-refractivity contribution in [2.45, 2.75) is 78.7 Å². The van der Waals surface area contributed by atoms with Crippen molar-refractivity contribution in [3.63, 3.8) is 0 Å². The highest BCUT2D eigenvalue weighted by Gasteiger charge is 2.51. The average Bonchev–Trinajstić information content (AvgIpc) is 3.10. The zero-order chi connectivity index (χ0) is 21.6. The SMILES string of the molecule is Cc1cc(B2OC(C)(C)C(C)(C)O2)ccc1Cn1nnc(C(=O)NC(C)(C)C)n1. The molecule has 3 rings (SSSR count). The van der Waals surface area contributed by atoms with E-state index in [1.807, 2.05) is 67.5 Å². The van der Waals surface area contributed by atoms with E-state index in [1.54, 1.807) is 0 Å². The van der Waals surface area contributed by atoms with Gasteiger partial charge in [-0.2, -0.15) is 4.80 Å². The smallest absolute Gasteiger partial charge is 0.399 e. The van der Waals surface area contributed by atoms with Gasteiger partial charge in [0.2, 0.25) is 0 Å². The van der Waals surface area contributed by atoms with Crippen molar-refractivity contribution in [2.75, 3.05) is 0 Å². The monoisotopic (exact) mass is 399 g/mol. The maximum absolute atomic E-state index is 12.2.